The minimum atomic E-state index is -3.05. The van der Waals surface area contributed by atoms with Gasteiger partial charge in [0.15, 0.2) is 0 Å². The average molecular weight is 311 g/mol. The quantitative estimate of drug-likeness (QED) is 0.714. The van der Waals surface area contributed by atoms with Gasteiger partial charge < -0.3 is 4.74 Å². The first-order valence-electron chi connectivity index (χ1n) is 6.83. The normalized spacial score (nSPS) is 31.5. The summed E-state index contributed by atoms with van der Waals surface area (Å²) in [5, 5.41) is 0. The van der Waals surface area contributed by atoms with Gasteiger partial charge in [-0.3, -0.25) is 4.90 Å². The largest absolute Gasteiger partial charge is 0.378 e. The van der Waals surface area contributed by atoms with Crippen LogP contribution in [-0.2, 0) is 14.8 Å². The van der Waals surface area contributed by atoms with Gasteiger partial charge in [-0.15, -0.1) is 11.6 Å². The molecule has 2 aliphatic heterocycles. The molecule has 5 nitrogen and oxygen atoms in total. The van der Waals surface area contributed by atoms with Gasteiger partial charge in [0.05, 0.1) is 19.5 Å². The van der Waals surface area contributed by atoms with Crippen molar-refractivity contribution in [1.29, 1.82) is 0 Å². The van der Waals surface area contributed by atoms with E-state index in [1.807, 2.05) is 0 Å². The van der Waals surface area contributed by atoms with Crippen LogP contribution in [0.2, 0.25) is 0 Å². The second-order valence-electron chi connectivity index (χ2n) is 5.51. The lowest BCUT2D eigenvalue weighted by Gasteiger charge is -2.39. The number of halogens is 1. The van der Waals surface area contributed by atoms with Gasteiger partial charge in [0.2, 0.25) is 10.0 Å². The molecule has 2 atom stereocenters. The third kappa shape index (κ3) is 4.29. The fourth-order valence-electron chi connectivity index (χ4n) is 2.88. The van der Waals surface area contributed by atoms with Crippen molar-refractivity contribution in [1.82, 2.24) is 9.21 Å². The topological polar surface area (TPSA) is 49.9 Å². The summed E-state index contributed by atoms with van der Waals surface area (Å²) in [7, 11) is -3.05. The predicted molar refractivity (Wildman–Crippen MR) is 76.0 cm³/mol. The van der Waals surface area contributed by atoms with E-state index in [1.54, 1.807) is 4.31 Å². The van der Waals surface area contributed by atoms with Crippen molar-refractivity contribution in [3.8, 4) is 0 Å². The molecular weight excluding hydrogens is 288 g/mol. The summed E-state index contributed by atoms with van der Waals surface area (Å²) in [6.45, 7) is 4.56. The number of morpholine rings is 1. The Bertz CT molecular complexity index is 390. The summed E-state index contributed by atoms with van der Waals surface area (Å²) in [6, 6.07) is 0.268. The third-order valence-electron chi connectivity index (χ3n) is 3.97. The van der Waals surface area contributed by atoms with Gasteiger partial charge in [0.1, 0.15) is 0 Å². The van der Waals surface area contributed by atoms with Crippen LogP contribution in [0.3, 0.4) is 0 Å². The van der Waals surface area contributed by atoms with E-state index in [0.29, 0.717) is 31.5 Å². The molecule has 2 saturated heterocycles. The SMILES string of the molecule is CS(=O)(=O)N1CCCC(CN2CCOCC2CCl)C1. The summed E-state index contributed by atoms with van der Waals surface area (Å²) in [5.74, 6) is 0.981. The highest BCUT2D eigenvalue weighted by Gasteiger charge is 2.30. The molecule has 0 spiro atoms. The van der Waals surface area contributed by atoms with Crippen LogP contribution in [-0.4, -0.2) is 75.2 Å². The van der Waals surface area contributed by atoms with E-state index in [1.165, 1.54) is 6.26 Å². The second-order valence-corrected chi connectivity index (χ2v) is 7.80. The molecule has 0 aromatic rings. The summed E-state index contributed by atoms with van der Waals surface area (Å²) < 4.78 is 30.3. The second kappa shape index (κ2) is 6.72. The number of nitrogens with zero attached hydrogens (tertiary/aromatic N) is 2. The molecule has 0 saturated carbocycles. The zero-order chi connectivity index (χ0) is 13.9. The van der Waals surface area contributed by atoms with E-state index in [4.69, 9.17) is 16.3 Å². The highest BCUT2D eigenvalue weighted by Crippen LogP contribution is 2.21. The van der Waals surface area contributed by atoms with E-state index in [2.05, 4.69) is 4.90 Å². The van der Waals surface area contributed by atoms with Crippen LogP contribution in [0, 0.1) is 5.92 Å². The fraction of sp³-hybridized carbons (Fsp3) is 1.00. The smallest absolute Gasteiger partial charge is 0.211 e. The molecule has 0 amide bonds. The Morgan fingerprint density at radius 3 is 2.84 bits per heavy atom. The molecular formula is C12H23ClN2O3S. The van der Waals surface area contributed by atoms with Crippen LogP contribution in [0.4, 0.5) is 0 Å². The summed E-state index contributed by atoms with van der Waals surface area (Å²) >= 11 is 5.97. The molecule has 2 heterocycles. The number of alkyl halides is 1. The van der Waals surface area contributed by atoms with Gasteiger partial charge in [-0.2, -0.15) is 0 Å². The maximum atomic E-state index is 11.6. The predicted octanol–water partition coefficient (Wildman–Crippen LogP) is 0.598. The highest BCUT2D eigenvalue weighted by molar-refractivity contribution is 7.88. The van der Waals surface area contributed by atoms with Crippen LogP contribution in [0.15, 0.2) is 0 Å². The first-order valence-corrected chi connectivity index (χ1v) is 9.22. The first-order chi connectivity index (χ1) is 9.00. The van der Waals surface area contributed by atoms with Crippen molar-refractivity contribution in [3.63, 3.8) is 0 Å². The number of rotatable bonds is 4. The number of hydrogen-bond donors (Lipinski definition) is 0. The number of sulfonamides is 1. The van der Waals surface area contributed by atoms with Crippen molar-refractivity contribution >= 4 is 21.6 Å². The minimum absolute atomic E-state index is 0.268. The lowest BCUT2D eigenvalue weighted by Crippen LogP contribution is -2.51. The number of hydrogen-bond acceptors (Lipinski definition) is 4. The van der Waals surface area contributed by atoms with Gasteiger partial charge in [-0.25, -0.2) is 12.7 Å². The highest BCUT2D eigenvalue weighted by atomic mass is 35.5. The molecule has 2 aliphatic rings. The Balaban J connectivity index is 1.91. The summed E-state index contributed by atoms with van der Waals surface area (Å²) in [4.78, 5) is 2.35. The van der Waals surface area contributed by atoms with Crippen molar-refractivity contribution in [3.05, 3.63) is 0 Å². The molecule has 2 rings (SSSR count). The van der Waals surface area contributed by atoms with Gasteiger partial charge in [-0.05, 0) is 18.8 Å². The van der Waals surface area contributed by atoms with Crippen LogP contribution in [0.25, 0.3) is 0 Å². The Morgan fingerprint density at radius 1 is 1.37 bits per heavy atom. The zero-order valence-corrected chi connectivity index (χ0v) is 13.0. The Labute approximate surface area is 120 Å². The van der Waals surface area contributed by atoms with Crippen LogP contribution in [0.5, 0.6) is 0 Å². The fourth-order valence-corrected chi connectivity index (χ4v) is 4.11. The Hall–Kier alpha value is 0.120. The Kier molecular flexibility index (Phi) is 5.48. The van der Waals surface area contributed by atoms with Crippen molar-refractivity contribution in [2.45, 2.75) is 18.9 Å². The Morgan fingerprint density at radius 2 is 2.16 bits per heavy atom. The molecule has 7 heteroatoms. The molecule has 2 unspecified atom stereocenters. The molecule has 0 bridgehead atoms. The van der Waals surface area contributed by atoms with Crippen LogP contribution in [0.1, 0.15) is 12.8 Å². The van der Waals surface area contributed by atoms with Crippen molar-refractivity contribution in [2.24, 2.45) is 5.92 Å². The standard InChI is InChI=1S/C12H23ClN2O3S/c1-19(16,17)15-4-2-3-11(9-15)8-14-5-6-18-10-12(14)7-13/h11-12H,2-10H2,1H3. The van der Waals surface area contributed by atoms with E-state index in [-0.39, 0.29) is 6.04 Å². The van der Waals surface area contributed by atoms with Gasteiger partial charge in [-0.1, -0.05) is 0 Å². The molecule has 0 N–H and O–H groups in total. The third-order valence-corrected chi connectivity index (χ3v) is 5.60. The van der Waals surface area contributed by atoms with E-state index in [9.17, 15) is 8.42 Å². The zero-order valence-electron chi connectivity index (χ0n) is 11.4. The van der Waals surface area contributed by atoms with Gasteiger partial charge in [0, 0.05) is 38.1 Å². The van der Waals surface area contributed by atoms with Crippen LogP contribution < -0.4 is 0 Å². The van der Waals surface area contributed by atoms with Gasteiger partial charge >= 0.3 is 0 Å². The van der Waals surface area contributed by atoms with Gasteiger partial charge in [0.25, 0.3) is 0 Å². The maximum absolute atomic E-state index is 11.6. The number of ether oxygens (including phenoxy) is 1. The maximum Gasteiger partial charge on any atom is 0.211 e. The molecule has 0 radical (unpaired) electrons. The number of piperidine rings is 1. The monoisotopic (exact) mass is 310 g/mol. The molecule has 112 valence electrons. The van der Waals surface area contributed by atoms with Crippen LogP contribution >= 0.6 is 11.6 Å². The summed E-state index contributed by atoms with van der Waals surface area (Å²) in [5.41, 5.74) is 0. The van der Waals surface area contributed by atoms with E-state index >= 15 is 0 Å². The molecule has 0 aromatic carbocycles. The van der Waals surface area contributed by atoms with E-state index in [0.717, 1.165) is 32.5 Å². The summed E-state index contributed by atoms with van der Waals surface area (Å²) in [6.07, 6.45) is 3.34. The molecule has 0 aromatic heterocycles. The lowest BCUT2D eigenvalue weighted by molar-refractivity contribution is -0.00923. The van der Waals surface area contributed by atoms with Crippen molar-refractivity contribution in [2.75, 3.05) is 51.5 Å². The molecule has 19 heavy (non-hydrogen) atoms. The molecule has 2 fully saturated rings. The molecule has 0 aliphatic carbocycles. The first kappa shape index (κ1) is 15.5. The minimum Gasteiger partial charge on any atom is -0.378 e. The van der Waals surface area contributed by atoms with Crippen molar-refractivity contribution < 1.29 is 13.2 Å². The average Bonchev–Trinajstić information content (AvgIpc) is 2.39. The van der Waals surface area contributed by atoms with E-state index < -0.39 is 10.0 Å². The lowest BCUT2D eigenvalue weighted by atomic mass is 9.98.